The fourth-order valence-corrected chi connectivity index (χ4v) is 3.91. The molecule has 3 aromatic rings. The molecule has 2 aromatic carbocycles. The minimum Gasteiger partial charge on any atom is -0.497 e. The lowest BCUT2D eigenvalue weighted by Gasteiger charge is -2.01. The van der Waals surface area contributed by atoms with E-state index in [0.717, 1.165) is 14.7 Å². The predicted octanol–water partition coefficient (Wildman–Crippen LogP) is 4.40. The van der Waals surface area contributed by atoms with Crippen LogP contribution >= 0.6 is 27.3 Å². The zero-order valence-corrected chi connectivity index (χ0v) is 15.4. The van der Waals surface area contributed by atoms with Crippen molar-refractivity contribution in [2.45, 2.75) is 6.54 Å². The van der Waals surface area contributed by atoms with Gasteiger partial charge < -0.3 is 9.30 Å². The summed E-state index contributed by atoms with van der Waals surface area (Å²) in [4.78, 5) is 17.4. The number of benzene rings is 2. The van der Waals surface area contributed by atoms with Gasteiger partial charge in [0.25, 0.3) is 5.91 Å². The number of methoxy groups -OCH3 is 1. The number of carbonyl (C=O) groups is 1. The lowest BCUT2D eigenvalue weighted by atomic mass is 10.2. The Morgan fingerprint density at radius 1 is 1.33 bits per heavy atom. The van der Waals surface area contributed by atoms with E-state index in [1.165, 1.54) is 11.3 Å². The van der Waals surface area contributed by atoms with E-state index in [1.807, 2.05) is 22.8 Å². The molecule has 0 saturated carbocycles. The molecule has 0 aliphatic carbocycles. The van der Waals surface area contributed by atoms with E-state index in [9.17, 15) is 4.79 Å². The molecule has 0 fully saturated rings. The molecule has 1 heterocycles. The van der Waals surface area contributed by atoms with Crippen molar-refractivity contribution in [2.75, 3.05) is 7.11 Å². The number of allylic oxidation sites excluding steroid dienone is 1. The number of halogens is 1. The first-order chi connectivity index (χ1) is 11.6. The van der Waals surface area contributed by atoms with Crippen molar-refractivity contribution in [3.05, 3.63) is 70.0 Å². The highest BCUT2D eigenvalue weighted by molar-refractivity contribution is 9.10. The highest BCUT2D eigenvalue weighted by Crippen LogP contribution is 2.22. The third-order valence-electron chi connectivity index (χ3n) is 3.49. The molecule has 1 aromatic heterocycles. The summed E-state index contributed by atoms with van der Waals surface area (Å²) in [6.45, 7) is 4.39. The van der Waals surface area contributed by atoms with Crippen LogP contribution < -0.4 is 9.54 Å². The molecule has 0 aliphatic heterocycles. The van der Waals surface area contributed by atoms with E-state index in [4.69, 9.17) is 4.74 Å². The number of aromatic nitrogens is 1. The topological polar surface area (TPSA) is 43.6 Å². The van der Waals surface area contributed by atoms with E-state index in [2.05, 4.69) is 27.5 Å². The van der Waals surface area contributed by atoms with Crippen molar-refractivity contribution in [3.8, 4) is 5.75 Å². The van der Waals surface area contributed by atoms with Gasteiger partial charge in [-0.15, -0.1) is 6.58 Å². The Balaban J connectivity index is 2.08. The maximum atomic E-state index is 12.5. The molecule has 4 nitrogen and oxygen atoms in total. The Morgan fingerprint density at radius 3 is 2.75 bits per heavy atom. The van der Waals surface area contributed by atoms with Gasteiger partial charge in [-0.1, -0.05) is 33.3 Å². The molecular weight excluding hydrogens is 388 g/mol. The molecule has 0 N–H and O–H groups in total. The van der Waals surface area contributed by atoms with Crippen LogP contribution in [0.5, 0.6) is 5.75 Å². The Kier molecular flexibility index (Phi) is 4.97. The van der Waals surface area contributed by atoms with Gasteiger partial charge in [0.15, 0.2) is 4.80 Å². The second-order valence-corrected chi connectivity index (χ2v) is 6.97. The average Bonchev–Trinajstić information content (AvgIpc) is 2.91. The number of ether oxygens (including phenoxy) is 1. The summed E-state index contributed by atoms with van der Waals surface area (Å²) in [6.07, 6.45) is 1.80. The minimum absolute atomic E-state index is 0.277. The SMILES string of the molecule is C=CCn1c(=NC(=O)c2ccc(OC)cc2)sc2cc(Br)ccc21. The van der Waals surface area contributed by atoms with Crippen molar-refractivity contribution >= 4 is 43.4 Å². The molecular formula is C18H15BrN2O2S. The molecule has 1 amide bonds. The van der Waals surface area contributed by atoms with Gasteiger partial charge >= 0.3 is 0 Å². The van der Waals surface area contributed by atoms with Crippen LogP contribution in [0.3, 0.4) is 0 Å². The first-order valence-corrected chi connectivity index (χ1v) is 8.86. The molecule has 0 spiro atoms. The van der Waals surface area contributed by atoms with E-state index in [1.54, 1.807) is 37.5 Å². The van der Waals surface area contributed by atoms with Crippen LogP contribution in [-0.2, 0) is 6.54 Å². The van der Waals surface area contributed by atoms with Crippen LogP contribution in [0.25, 0.3) is 10.2 Å². The Morgan fingerprint density at radius 2 is 2.08 bits per heavy atom. The van der Waals surface area contributed by atoms with Gasteiger partial charge in [0, 0.05) is 16.6 Å². The number of carbonyl (C=O) groups excluding carboxylic acids is 1. The van der Waals surface area contributed by atoms with Crippen molar-refractivity contribution < 1.29 is 9.53 Å². The zero-order valence-electron chi connectivity index (χ0n) is 13.0. The molecule has 0 unspecified atom stereocenters. The fraction of sp³-hybridized carbons (Fsp3) is 0.111. The van der Waals surface area contributed by atoms with Gasteiger partial charge in [0.05, 0.1) is 17.3 Å². The van der Waals surface area contributed by atoms with Crippen LogP contribution in [0.1, 0.15) is 10.4 Å². The van der Waals surface area contributed by atoms with Crippen LogP contribution in [0.2, 0.25) is 0 Å². The quantitative estimate of drug-likeness (QED) is 0.606. The first kappa shape index (κ1) is 16.7. The summed E-state index contributed by atoms with van der Waals surface area (Å²) in [5.74, 6) is 0.432. The summed E-state index contributed by atoms with van der Waals surface area (Å²) in [7, 11) is 1.59. The highest BCUT2D eigenvalue weighted by Gasteiger charge is 2.09. The normalized spacial score (nSPS) is 11.7. The predicted molar refractivity (Wildman–Crippen MR) is 101 cm³/mol. The van der Waals surface area contributed by atoms with Crippen LogP contribution in [0, 0.1) is 0 Å². The van der Waals surface area contributed by atoms with Gasteiger partial charge in [-0.3, -0.25) is 4.79 Å². The molecule has 0 radical (unpaired) electrons. The number of hydrogen-bond donors (Lipinski definition) is 0. The van der Waals surface area contributed by atoms with Crippen LogP contribution in [0.4, 0.5) is 0 Å². The maximum absolute atomic E-state index is 12.5. The van der Waals surface area contributed by atoms with Crippen LogP contribution in [0.15, 0.2) is 64.6 Å². The van der Waals surface area contributed by atoms with E-state index >= 15 is 0 Å². The minimum atomic E-state index is -0.277. The number of nitrogens with zero attached hydrogens (tertiary/aromatic N) is 2. The molecule has 0 bridgehead atoms. The summed E-state index contributed by atoms with van der Waals surface area (Å²) >= 11 is 4.96. The lowest BCUT2D eigenvalue weighted by molar-refractivity contribution is 0.0998. The van der Waals surface area contributed by atoms with Crippen molar-refractivity contribution in [1.82, 2.24) is 4.57 Å². The standard InChI is InChI=1S/C18H15BrN2O2S/c1-3-10-21-15-9-6-13(19)11-16(15)24-18(21)20-17(22)12-4-7-14(23-2)8-5-12/h3-9,11H,1,10H2,2H3. The number of hydrogen-bond acceptors (Lipinski definition) is 3. The highest BCUT2D eigenvalue weighted by atomic mass is 79.9. The number of rotatable bonds is 4. The second-order valence-electron chi connectivity index (χ2n) is 5.04. The smallest absolute Gasteiger partial charge is 0.279 e. The van der Waals surface area contributed by atoms with E-state index in [-0.39, 0.29) is 5.91 Å². The first-order valence-electron chi connectivity index (χ1n) is 7.25. The van der Waals surface area contributed by atoms with Gasteiger partial charge in [-0.2, -0.15) is 4.99 Å². The molecule has 24 heavy (non-hydrogen) atoms. The molecule has 3 rings (SSSR count). The van der Waals surface area contributed by atoms with Crippen LogP contribution in [-0.4, -0.2) is 17.6 Å². The Hall–Kier alpha value is -2.18. The molecule has 6 heteroatoms. The lowest BCUT2D eigenvalue weighted by Crippen LogP contribution is -2.16. The molecule has 0 aliphatic rings. The third-order valence-corrected chi connectivity index (χ3v) is 5.03. The average molecular weight is 403 g/mol. The fourth-order valence-electron chi connectivity index (χ4n) is 2.32. The van der Waals surface area contributed by atoms with Gasteiger partial charge in [-0.25, -0.2) is 0 Å². The summed E-state index contributed by atoms with van der Waals surface area (Å²) in [6, 6.07) is 12.9. The van der Waals surface area contributed by atoms with E-state index in [0.29, 0.717) is 22.7 Å². The Labute approximate surface area is 151 Å². The third kappa shape index (κ3) is 3.34. The maximum Gasteiger partial charge on any atom is 0.279 e. The van der Waals surface area contributed by atoms with Gasteiger partial charge in [-0.05, 0) is 42.5 Å². The summed E-state index contributed by atoms with van der Waals surface area (Å²) in [5, 5.41) is 0. The molecule has 122 valence electrons. The summed E-state index contributed by atoms with van der Waals surface area (Å²) in [5.41, 5.74) is 1.56. The van der Waals surface area contributed by atoms with Crippen molar-refractivity contribution in [3.63, 3.8) is 0 Å². The van der Waals surface area contributed by atoms with Crippen molar-refractivity contribution in [2.24, 2.45) is 4.99 Å². The van der Waals surface area contributed by atoms with Crippen molar-refractivity contribution in [1.29, 1.82) is 0 Å². The summed E-state index contributed by atoms with van der Waals surface area (Å²) < 4.78 is 9.15. The second kappa shape index (κ2) is 7.15. The largest absolute Gasteiger partial charge is 0.497 e. The number of thiazole rings is 1. The zero-order chi connectivity index (χ0) is 17.1. The van der Waals surface area contributed by atoms with Gasteiger partial charge in [0.2, 0.25) is 0 Å². The van der Waals surface area contributed by atoms with Gasteiger partial charge in [0.1, 0.15) is 5.75 Å². The number of fused-ring (bicyclic) bond motifs is 1. The monoisotopic (exact) mass is 402 g/mol. The number of amides is 1. The molecule has 0 atom stereocenters. The Bertz CT molecular complexity index is 971. The van der Waals surface area contributed by atoms with E-state index < -0.39 is 0 Å². The molecule has 0 saturated heterocycles.